The zero-order valence-electron chi connectivity index (χ0n) is 34.5. The van der Waals surface area contributed by atoms with Crippen molar-refractivity contribution in [3.05, 3.63) is 224 Å². The van der Waals surface area contributed by atoms with E-state index in [0.717, 1.165) is 111 Å². The monoisotopic (exact) mass is 819 g/mol. The molecule has 0 atom stereocenters. The quantitative estimate of drug-likeness (QED) is 0.161. The first-order chi connectivity index (χ1) is 31.7. The van der Waals surface area contributed by atoms with Crippen LogP contribution in [0.1, 0.15) is 0 Å². The van der Waals surface area contributed by atoms with E-state index in [0.29, 0.717) is 0 Å². The van der Waals surface area contributed by atoms with Gasteiger partial charge in [0.15, 0.2) is 0 Å². The molecule has 0 radical (unpaired) electrons. The van der Waals surface area contributed by atoms with Crippen LogP contribution in [0, 0.1) is 0 Å². The molecule has 13 rings (SSSR count). The predicted octanol–water partition coefficient (Wildman–Crippen LogP) is 17.5. The maximum absolute atomic E-state index is 6.81. The SMILES string of the molecule is c1ccc(-c2ccc(-c3ccc(N(c4ccc(-c5cc6oc7ccc8c9ccccc9oc8c7c6c6c5oc5ccccc56)cc4)c4ccccc4-c4ccccc4)cc3)cc2)cc1. The van der Waals surface area contributed by atoms with Crippen molar-refractivity contribution in [3.63, 3.8) is 0 Å². The van der Waals surface area contributed by atoms with Crippen LogP contribution >= 0.6 is 0 Å². The van der Waals surface area contributed by atoms with E-state index in [1.54, 1.807) is 0 Å². The van der Waals surface area contributed by atoms with E-state index in [9.17, 15) is 0 Å². The first-order valence-electron chi connectivity index (χ1n) is 21.7. The number of hydrogen-bond donors (Lipinski definition) is 0. The molecule has 0 bridgehead atoms. The van der Waals surface area contributed by atoms with Gasteiger partial charge in [-0.25, -0.2) is 0 Å². The third kappa shape index (κ3) is 5.77. The second kappa shape index (κ2) is 14.5. The van der Waals surface area contributed by atoms with Crippen LogP contribution in [0.2, 0.25) is 0 Å². The van der Waals surface area contributed by atoms with Gasteiger partial charge in [0.1, 0.15) is 33.5 Å². The molecule has 0 amide bonds. The van der Waals surface area contributed by atoms with Crippen molar-refractivity contribution in [3.8, 4) is 44.5 Å². The lowest BCUT2D eigenvalue weighted by Gasteiger charge is -2.28. The molecule has 0 spiro atoms. The molecule has 0 aliphatic heterocycles. The minimum absolute atomic E-state index is 0.781. The van der Waals surface area contributed by atoms with Crippen LogP contribution in [0.4, 0.5) is 17.1 Å². The maximum Gasteiger partial charge on any atom is 0.147 e. The summed E-state index contributed by atoms with van der Waals surface area (Å²) in [5, 5.41) is 6.17. The van der Waals surface area contributed by atoms with Crippen LogP contribution in [0.5, 0.6) is 0 Å². The van der Waals surface area contributed by atoms with Gasteiger partial charge < -0.3 is 18.2 Å². The van der Waals surface area contributed by atoms with E-state index in [2.05, 4.69) is 205 Å². The van der Waals surface area contributed by atoms with Crippen LogP contribution < -0.4 is 4.90 Å². The predicted molar refractivity (Wildman–Crippen MR) is 265 cm³/mol. The Hall–Kier alpha value is -8.60. The van der Waals surface area contributed by atoms with Crippen molar-refractivity contribution in [2.45, 2.75) is 0 Å². The van der Waals surface area contributed by atoms with Gasteiger partial charge >= 0.3 is 0 Å². The van der Waals surface area contributed by atoms with Crippen LogP contribution in [0.15, 0.2) is 238 Å². The molecule has 0 saturated heterocycles. The minimum atomic E-state index is 0.781. The first kappa shape index (κ1) is 36.1. The fraction of sp³-hybridized carbons (Fsp3) is 0. The van der Waals surface area contributed by atoms with Crippen molar-refractivity contribution in [2.24, 2.45) is 0 Å². The zero-order valence-corrected chi connectivity index (χ0v) is 34.5. The molecule has 64 heavy (non-hydrogen) atoms. The van der Waals surface area contributed by atoms with Gasteiger partial charge in [-0.05, 0) is 94.0 Å². The molecule has 0 aliphatic carbocycles. The molecule has 0 aliphatic rings. The highest BCUT2D eigenvalue weighted by Gasteiger charge is 2.24. The van der Waals surface area contributed by atoms with E-state index in [4.69, 9.17) is 13.3 Å². The molecule has 10 aromatic carbocycles. The number of anilines is 3. The smallest absolute Gasteiger partial charge is 0.147 e. The highest BCUT2D eigenvalue weighted by Crippen LogP contribution is 2.48. The molecule has 0 fully saturated rings. The molecule has 4 heteroatoms. The van der Waals surface area contributed by atoms with Crippen molar-refractivity contribution in [2.75, 3.05) is 4.90 Å². The van der Waals surface area contributed by atoms with Crippen LogP contribution in [-0.4, -0.2) is 0 Å². The van der Waals surface area contributed by atoms with Gasteiger partial charge in [-0.15, -0.1) is 0 Å². The third-order valence-corrected chi connectivity index (χ3v) is 12.7. The Morgan fingerprint density at radius 3 is 1.45 bits per heavy atom. The molecule has 3 aromatic heterocycles. The van der Waals surface area contributed by atoms with Crippen molar-refractivity contribution < 1.29 is 13.3 Å². The Morgan fingerprint density at radius 1 is 0.266 bits per heavy atom. The fourth-order valence-electron chi connectivity index (χ4n) is 9.67. The number of rotatable bonds is 7. The third-order valence-electron chi connectivity index (χ3n) is 12.7. The molecule has 4 nitrogen and oxygen atoms in total. The number of para-hydroxylation sites is 3. The van der Waals surface area contributed by atoms with Gasteiger partial charge in [0.05, 0.1) is 11.1 Å². The number of fused-ring (bicyclic) bond motifs is 11. The van der Waals surface area contributed by atoms with E-state index in [1.807, 2.05) is 24.3 Å². The second-order valence-electron chi connectivity index (χ2n) is 16.4. The van der Waals surface area contributed by atoms with E-state index >= 15 is 0 Å². The van der Waals surface area contributed by atoms with Crippen LogP contribution in [0.3, 0.4) is 0 Å². The van der Waals surface area contributed by atoms with Gasteiger partial charge in [-0.3, -0.25) is 0 Å². The summed E-state index contributed by atoms with van der Waals surface area (Å²) in [7, 11) is 0. The Balaban J connectivity index is 0.950. The lowest BCUT2D eigenvalue weighted by atomic mass is 9.97. The summed E-state index contributed by atoms with van der Waals surface area (Å²) in [5.74, 6) is 0. The summed E-state index contributed by atoms with van der Waals surface area (Å²) in [6.07, 6.45) is 0. The molecule has 0 unspecified atom stereocenters. The minimum Gasteiger partial charge on any atom is -0.456 e. The normalized spacial score (nSPS) is 11.8. The summed E-state index contributed by atoms with van der Waals surface area (Å²) >= 11 is 0. The number of hydrogen-bond acceptors (Lipinski definition) is 4. The summed E-state index contributed by atoms with van der Waals surface area (Å²) in [4.78, 5) is 2.35. The van der Waals surface area contributed by atoms with Crippen molar-refractivity contribution in [1.82, 2.24) is 0 Å². The van der Waals surface area contributed by atoms with Gasteiger partial charge in [0.25, 0.3) is 0 Å². The van der Waals surface area contributed by atoms with E-state index in [-0.39, 0.29) is 0 Å². The fourth-order valence-corrected chi connectivity index (χ4v) is 9.67. The van der Waals surface area contributed by atoms with Crippen LogP contribution in [-0.2, 0) is 0 Å². The lowest BCUT2D eigenvalue weighted by molar-refractivity contribution is 0.660. The zero-order chi connectivity index (χ0) is 42.1. The average molecular weight is 820 g/mol. The number of nitrogens with zero attached hydrogens (tertiary/aromatic N) is 1. The Morgan fingerprint density at radius 2 is 0.766 bits per heavy atom. The van der Waals surface area contributed by atoms with E-state index < -0.39 is 0 Å². The summed E-state index contributed by atoms with van der Waals surface area (Å²) in [6, 6.07) is 79.1. The maximum atomic E-state index is 6.81. The second-order valence-corrected chi connectivity index (χ2v) is 16.4. The topological polar surface area (TPSA) is 42.7 Å². The number of furan rings is 3. The molecule has 300 valence electrons. The highest BCUT2D eigenvalue weighted by molar-refractivity contribution is 6.33. The summed E-state index contributed by atoms with van der Waals surface area (Å²) in [5.41, 5.74) is 17.1. The van der Waals surface area contributed by atoms with Crippen LogP contribution in [0.25, 0.3) is 110 Å². The average Bonchev–Trinajstić information content (AvgIpc) is 4.06. The Kier molecular flexibility index (Phi) is 8.18. The summed E-state index contributed by atoms with van der Waals surface area (Å²) < 4.78 is 20.1. The summed E-state index contributed by atoms with van der Waals surface area (Å²) in [6.45, 7) is 0. The van der Waals surface area contributed by atoms with Gasteiger partial charge in [0, 0.05) is 49.4 Å². The van der Waals surface area contributed by atoms with Gasteiger partial charge in [0.2, 0.25) is 0 Å². The molecule has 3 heterocycles. The lowest BCUT2D eigenvalue weighted by Crippen LogP contribution is -2.11. The van der Waals surface area contributed by atoms with Crippen molar-refractivity contribution >= 4 is 82.9 Å². The molecule has 13 aromatic rings. The largest absolute Gasteiger partial charge is 0.456 e. The Labute approximate surface area is 368 Å². The van der Waals surface area contributed by atoms with E-state index in [1.165, 1.54) is 16.7 Å². The first-order valence-corrected chi connectivity index (χ1v) is 21.7. The number of benzene rings is 10. The molecule has 0 saturated carbocycles. The molecular weight excluding hydrogens is 783 g/mol. The van der Waals surface area contributed by atoms with Crippen molar-refractivity contribution in [1.29, 1.82) is 0 Å². The highest BCUT2D eigenvalue weighted by atomic mass is 16.3. The standard InChI is InChI=1S/C60H37NO3/c1-3-13-38(14-4-1)39-23-25-40(26-24-39)41-27-31-44(32-28-41)61(51-20-10-7-17-46(51)42-15-5-2-6-16-42)45-33-29-43(30-34-45)50-37-55-57(56-49-19-9-12-22-53(49)64-60(50)56)58-54(62-55)36-35-48-47-18-8-11-21-52(47)63-59(48)58/h1-37H. The van der Waals surface area contributed by atoms with Gasteiger partial charge in [-0.1, -0.05) is 164 Å². The Bertz CT molecular complexity index is 3860. The van der Waals surface area contributed by atoms with Gasteiger partial charge in [-0.2, -0.15) is 0 Å². The molecular formula is C60H37NO3. The molecule has 0 N–H and O–H groups in total.